The zero-order chi connectivity index (χ0) is 13.2. The minimum Gasteiger partial charge on any atom is -0.344 e. The summed E-state index contributed by atoms with van der Waals surface area (Å²) in [6.07, 6.45) is 1.80. The summed E-state index contributed by atoms with van der Waals surface area (Å²) >= 11 is 0. The topological polar surface area (TPSA) is 56.8 Å². The molecule has 1 fully saturated rings. The van der Waals surface area contributed by atoms with Gasteiger partial charge in [-0.1, -0.05) is 6.07 Å². The maximum Gasteiger partial charge on any atom is 0.125 e. The Morgan fingerprint density at radius 2 is 2.26 bits per heavy atom. The van der Waals surface area contributed by atoms with Crippen molar-refractivity contribution in [1.29, 1.82) is 0 Å². The average molecular weight is 257 g/mol. The monoisotopic (exact) mass is 257 g/mol. The van der Waals surface area contributed by atoms with Crippen molar-refractivity contribution in [2.75, 3.05) is 26.7 Å². The normalized spacial score (nSPS) is 20.6. The molecule has 0 radical (unpaired) electrons. The van der Waals surface area contributed by atoms with Crippen LogP contribution in [-0.4, -0.2) is 46.5 Å². The van der Waals surface area contributed by atoms with E-state index in [4.69, 9.17) is 4.98 Å². The van der Waals surface area contributed by atoms with Crippen molar-refractivity contribution in [2.45, 2.75) is 13.0 Å². The van der Waals surface area contributed by atoms with Crippen molar-refractivity contribution in [3.63, 3.8) is 0 Å². The molecular weight excluding hydrogens is 238 g/mol. The molecule has 0 saturated carbocycles. The molecule has 1 aliphatic rings. The molecule has 5 heteroatoms. The predicted octanol–water partition coefficient (Wildman–Crippen LogP) is 1.36. The molecule has 2 N–H and O–H groups in total. The highest BCUT2D eigenvalue weighted by atomic mass is 15.2. The Kier molecular flexibility index (Phi) is 3.31. The quantitative estimate of drug-likeness (QED) is 0.853. The molecule has 1 unspecified atom stereocenters. The first-order chi connectivity index (χ1) is 9.24. The van der Waals surface area contributed by atoms with Crippen LogP contribution in [0.1, 0.15) is 17.6 Å². The van der Waals surface area contributed by atoms with Gasteiger partial charge in [0.05, 0.1) is 11.7 Å². The van der Waals surface area contributed by atoms with Gasteiger partial charge in [-0.2, -0.15) is 0 Å². The van der Waals surface area contributed by atoms with E-state index in [0.29, 0.717) is 0 Å². The van der Waals surface area contributed by atoms with Gasteiger partial charge in [-0.25, -0.2) is 4.98 Å². The number of rotatable bonds is 2. The number of pyridine rings is 1. The van der Waals surface area contributed by atoms with Gasteiger partial charge in [0, 0.05) is 31.5 Å². The van der Waals surface area contributed by atoms with Gasteiger partial charge in [-0.3, -0.25) is 4.98 Å². The number of H-pyrrole nitrogens is 1. The first-order valence-electron chi connectivity index (χ1n) is 6.64. The second kappa shape index (κ2) is 5.11. The fourth-order valence-corrected chi connectivity index (χ4v) is 2.48. The summed E-state index contributed by atoms with van der Waals surface area (Å²) in [5.74, 6) is 1.00. The van der Waals surface area contributed by atoms with Crippen molar-refractivity contribution in [3.05, 3.63) is 35.9 Å². The minimum absolute atomic E-state index is 0.273. The summed E-state index contributed by atoms with van der Waals surface area (Å²) in [6.45, 7) is 5.12. The number of aromatic nitrogens is 3. The maximum atomic E-state index is 4.73. The number of aromatic amines is 1. The van der Waals surface area contributed by atoms with Gasteiger partial charge in [-0.05, 0) is 26.1 Å². The predicted molar refractivity (Wildman–Crippen MR) is 74.8 cm³/mol. The third-order valence-corrected chi connectivity index (χ3v) is 3.52. The van der Waals surface area contributed by atoms with Crippen LogP contribution in [0.25, 0.3) is 11.4 Å². The van der Waals surface area contributed by atoms with Gasteiger partial charge in [0.2, 0.25) is 0 Å². The molecule has 1 aliphatic heterocycles. The van der Waals surface area contributed by atoms with Crippen molar-refractivity contribution in [1.82, 2.24) is 25.2 Å². The molecule has 0 aromatic carbocycles. The Balaban J connectivity index is 1.89. The molecule has 3 rings (SSSR count). The first kappa shape index (κ1) is 12.3. The highest BCUT2D eigenvalue weighted by molar-refractivity contribution is 5.57. The second-order valence-electron chi connectivity index (χ2n) is 5.08. The minimum atomic E-state index is 0.273. The van der Waals surface area contributed by atoms with Gasteiger partial charge < -0.3 is 15.2 Å². The van der Waals surface area contributed by atoms with Gasteiger partial charge in [0.1, 0.15) is 11.5 Å². The van der Waals surface area contributed by atoms with Crippen LogP contribution in [0.15, 0.2) is 24.4 Å². The molecular formula is C14H19N5. The summed E-state index contributed by atoms with van der Waals surface area (Å²) in [6, 6.07) is 6.18. The van der Waals surface area contributed by atoms with Crippen LogP contribution in [0.3, 0.4) is 0 Å². The summed E-state index contributed by atoms with van der Waals surface area (Å²) in [7, 11) is 2.14. The average Bonchev–Trinajstić information content (AvgIpc) is 2.82. The van der Waals surface area contributed by atoms with Crippen LogP contribution in [0.2, 0.25) is 0 Å². The third kappa shape index (κ3) is 2.52. The van der Waals surface area contributed by atoms with Crippen molar-refractivity contribution in [3.8, 4) is 11.4 Å². The van der Waals surface area contributed by atoms with Crippen LogP contribution >= 0.6 is 0 Å². The van der Waals surface area contributed by atoms with Crippen LogP contribution in [0, 0.1) is 6.92 Å². The summed E-state index contributed by atoms with van der Waals surface area (Å²) in [4.78, 5) is 14.8. The molecule has 2 aromatic rings. The van der Waals surface area contributed by atoms with Crippen LogP contribution in [0.4, 0.5) is 0 Å². The van der Waals surface area contributed by atoms with E-state index in [2.05, 4.69) is 27.2 Å². The lowest BCUT2D eigenvalue weighted by atomic mass is 10.2. The zero-order valence-corrected chi connectivity index (χ0v) is 11.3. The second-order valence-corrected chi connectivity index (χ2v) is 5.08. The van der Waals surface area contributed by atoms with Crippen molar-refractivity contribution in [2.24, 2.45) is 0 Å². The lowest BCUT2D eigenvalue weighted by Gasteiger charge is -2.29. The molecule has 1 atom stereocenters. The standard InChI is InChI=1S/C14H19N5/c1-10-13(11-5-3-4-6-15-11)18-14(17-10)12-9-19(2)8-7-16-12/h3-6,12,16H,7-9H2,1-2H3,(H,17,18). The summed E-state index contributed by atoms with van der Waals surface area (Å²) in [5.41, 5.74) is 2.95. The first-order valence-corrected chi connectivity index (χ1v) is 6.64. The highest BCUT2D eigenvalue weighted by Crippen LogP contribution is 2.22. The number of likely N-dealkylation sites (N-methyl/N-ethyl adjacent to an activating group) is 1. The molecule has 100 valence electrons. The molecule has 2 aromatic heterocycles. The fourth-order valence-electron chi connectivity index (χ4n) is 2.48. The summed E-state index contributed by atoms with van der Waals surface area (Å²) in [5, 5.41) is 3.50. The molecule has 1 saturated heterocycles. The van der Waals surface area contributed by atoms with E-state index in [9.17, 15) is 0 Å². The lowest BCUT2D eigenvalue weighted by molar-refractivity contribution is 0.236. The molecule has 0 aliphatic carbocycles. The number of imidazole rings is 1. The van der Waals surface area contributed by atoms with Crippen LogP contribution in [-0.2, 0) is 0 Å². The highest BCUT2D eigenvalue weighted by Gasteiger charge is 2.22. The number of nitrogens with one attached hydrogen (secondary N) is 2. The Hall–Kier alpha value is -1.72. The Morgan fingerprint density at radius 1 is 1.37 bits per heavy atom. The van der Waals surface area contributed by atoms with E-state index in [-0.39, 0.29) is 6.04 Å². The van der Waals surface area contributed by atoms with Crippen LogP contribution < -0.4 is 5.32 Å². The van der Waals surface area contributed by atoms with Crippen LogP contribution in [0.5, 0.6) is 0 Å². The molecule has 0 bridgehead atoms. The van der Waals surface area contributed by atoms with Gasteiger partial charge in [-0.15, -0.1) is 0 Å². The van der Waals surface area contributed by atoms with E-state index in [1.807, 2.05) is 25.1 Å². The molecule has 19 heavy (non-hydrogen) atoms. The smallest absolute Gasteiger partial charge is 0.125 e. The molecule has 0 amide bonds. The van der Waals surface area contributed by atoms with Gasteiger partial charge in [0.15, 0.2) is 0 Å². The number of aryl methyl sites for hydroxylation is 1. The summed E-state index contributed by atoms with van der Waals surface area (Å²) < 4.78 is 0. The Morgan fingerprint density at radius 3 is 3.00 bits per heavy atom. The number of piperazine rings is 1. The van der Waals surface area contributed by atoms with Gasteiger partial charge in [0.25, 0.3) is 0 Å². The number of nitrogens with zero attached hydrogens (tertiary/aromatic N) is 3. The van der Waals surface area contributed by atoms with Crippen molar-refractivity contribution < 1.29 is 0 Å². The third-order valence-electron chi connectivity index (χ3n) is 3.52. The zero-order valence-electron chi connectivity index (χ0n) is 11.3. The van der Waals surface area contributed by atoms with E-state index in [1.165, 1.54) is 0 Å². The van der Waals surface area contributed by atoms with E-state index >= 15 is 0 Å². The van der Waals surface area contributed by atoms with E-state index in [0.717, 1.165) is 42.5 Å². The Labute approximate surface area is 113 Å². The molecule has 5 nitrogen and oxygen atoms in total. The molecule has 0 spiro atoms. The largest absolute Gasteiger partial charge is 0.344 e. The van der Waals surface area contributed by atoms with Crippen molar-refractivity contribution >= 4 is 0 Å². The Bertz CT molecular complexity index is 548. The number of hydrogen-bond donors (Lipinski definition) is 2. The maximum absolute atomic E-state index is 4.73. The van der Waals surface area contributed by atoms with Gasteiger partial charge >= 0.3 is 0 Å². The molecule has 3 heterocycles. The van der Waals surface area contributed by atoms with E-state index < -0.39 is 0 Å². The fraction of sp³-hybridized carbons (Fsp3) is 0.429. The lowest BCUT2D eigenvalue weighted by Crippen LogP contribution is -2.44. The van der Waals surface area contributed by atoms with E-state index in [1.54, 1.807) is 6.20 Å². The SMILES string of the molecule is Cc1[nH]c(C2CN(C)CCN2)nc1-c1ccccn1. The number of hydrogen-bond acceptors (Lipinski definition) is 4.